The first kappa shape index (κ1) is 14.4. The van der Waals surface area contributed by atoms with Crippen molar-refractivity contribution in [1.82, 2.24) is 9.38 Å². The molecule has 3 unspecified atom stereocenters. The summed E-state index contributed by atoms with van der Waals surface area (Å²) in [7, 11) is 0. The van der Waals surface area contributed by atoms with Crippen LogP contribution < -0.4 is 10.6 Å². The lowest BCUT2D eigenvalue weighted by molar-refractivity contribution is 0.387. The Labute approximate surface area is 127 Å². The summed E-state index contributed by atoms with van der Waals surface area (Å²) in [6.45, 7) is 7.80. The Morgan fingerprint density at radius 3 is 2.90 bits per heavy atom. The molecule has 21 heavy (non-hydrogen) atoms. The fourth-order valence-electron chi connectivity index (χ4n) is 3.34. The Kier molecular flexibility index (Phi) is 3.89. The number of hydrogen-bond donors (Lipinski definition) is 1. The predicted molar refractivity (Wildman–Crippen MR) is 87.8 cm³/mol. The van der Waals surface area contributed by atoms with Gasteiger partial charge < -0.3 is 15.0 Å². The van der Waals surface area contributed by atoms with Gasteiger partial charge in [0.2, 0.25) is 0 Å². The van der Waals surface area contributed by atoms with Crippen LogP contribution in [0.25, 0.3) is 5.65 Å². The third-order valence-corrected chi connectivity index (χ3v) is 4.51. The number of rotatable bonds is 3. The Hall–Kier alpha value is -1.55. The summed E-state index contributed by atoms with van der Waals surface area (Å²) in [5.41, 5.74) is 8.35. The maximum atomic E-state index is 6.08. The van der Waals surface area contributed by atoms with Crippen LogP contribution in [0.15, 0.2) is 24.4 Å². The van der Waals surface area contributed by atoms with Crippen LogP contribution in [-0.2, 0) is 6.42 Å². The second kappa shape index (κ2) is 5.68. The van der Waals surface area contributed by atoms with Crippen LogP contribution in [0.4, 0.5) is 5.82 Å². The van der Waals surface area contributed by atoms with Gasteiger partial charge >= 0.3 is 0 Å². The quantitative estimate of drug-likeness (QED) is 0.943. The van der Waals surface area contributed by atoms with E-state index < -0.39 is 0 Å². The van der Waals surface area contributed by atoms with Gasteiger partial charge in [-0.1, -0.05) is 13.0 Å². The zero-order chi connectivity index (χ0) is 15.0. The van der Waals surface area contributed by atoms with Crippen molar-refractivity contribution in [3.05, 3.63) is 30.1 Å². The number of aromatic nitrogens is 2. The first-order valence-corrected chi connectivity index (χ1v) is 8.04. The van der Waals surface area contributed by atoms with Gasteiger partial charge in [-0.25, -0.2) is 4.98 Å². The zero-order valence-electron chi connectivity index (χ0n) is 13.3. The lowest BCUT2D eigenvalue weighted by atomic mass is 9.95. The number of pyridine rings is 1. The second-order valence-electron chi connectivity index (χ2n) is 6.68. The highest BCUT2D eigenvalue weighted by Crippen LogP contribution is 2.30. The molecule has 1 aliphatic heterocycles. The molecular formula is C17H26N4. The highest BCUT2D eigenvalue weighted by molar-refractivity contribution is 5.57. The topological polar surface area (TPSA) is 46.6 Å². The SMILES string of the molecule is CC(N)Cc1c(N2CC(C)CCC2C)nc2ccccn12. The van der Waals surface area contributed by atoms with Crippen molar-refractivity contribution in [2.75, 3.05) is 11.4 Å². The molecule has 0 aliphatic carbocycles. The van der Waals surface area contributed by atoms with E-state index in [-0.39, 0.29) is 6.04 Å². The van der Waals surface area contributed by atoms with Gasteiger partial charge in [0.05, 0.1) is 5.69 Å². The standard InChI is InChI=1S/C17H26N4/c1-12-7-8-14(3)21(11-12)17-15(10-13(2)18)20-9-5-4-6-16(20)19-17/h4-6,9,12-14H,7-8,10-11,18H2,1-3H3. The van der Waals surface area contributed by atoms with E-state index in [0.29, 0.717) is 6.04 Å². The van der Waals surface area contributed by atoms with Crippen LogP contribution in [0, 0.1) is 5.92 Å². The summed E-state index contributed by atoms with van der Waals surface area (Å²) in [5, 5.41) is 0. The number of imidazole rings is 1. The first-order valence-electron chi connectivity index (χ1n) is 8.04. The maximum Gasteiger partial charge on any atom is 0.151 e. The van der Waals surface area contributed by atoms with Crippen LogP contribution in [0.1, 0.15) is 39.3 Å². The number of piperidine rings is 1. The van der Waals surface area contributed by atoms with Crippen molar-refractivity contribution in [3.63, 3.8) is 0 Å². The molecule has 0 spiro atoms. The van der Waals surface area contributed by atoms with E-state index in [0.717, 1.165) is 30.3 Å². The van der Waals surface area contributed by atoms with Crippen molar-refractivity contribution >= 4 is 11.5 Å². The molecule has 2 aromatic rings. The minimum absolute atomic E-state index is 0.140. The van der Waals surface area contributed by atoms with E-state index in [1.165, 1.54) is 18.5 Å². The van der Waals surface area contributed by atoms with E-state index in [4.69, 9.17) is 10.7 Å². The van der Waals surface area contributed by atoms with E-state index in [9.17, 15) is 0 Å². The molecule has 0 amide bonds. The largest absolute Gasteiger partial charge is 0.352 e. The van der Waals surface area contributed by atoms with Gasteiger partial charge in [0.15, 0.2) is 5.82 Å². The molecule has 2 aromatic heterocycles. The fraction of sp³-hybridized carbons (Fsp3) is 0.588. The third kappa shape index (κ3) is 2.77. The Morgan fingerprint density at radius 1 is 1.33 bits per heavy atom. The number of nitrogens with two attached hydrogens (primary N) is 1. The smallest absolute Gasteiger partial charge is 0.151 e. The molecule has 1 saturated heterocycles. The lowest BCUT2D eigenvalue weighted by Crippen LogP contribution is -2.42. The van der Waals surface area contributed by atoms with Gasteiger partial charge in [0.25, 0.3) is 0 Å². The summed E-state index contributed by atoms with van der Waals surface area (Å²) in [5.74, 6) is 1.87. The molecule has 0 saturated carbocycles. The number of hydrogen-bond acceptors (Lipinski definition) is 3. The average molecular weight is 286 g/mol. The molecule has 1 aliphatic rings. The van der Waals surface area contributed by atoms with Gasteiger partial charge in [0.1, 0.15) is 5.65 Å². The highest BCUT2D eigenvalue weighted by atomic mass is 15.3. The van der Waals surface area contributed by atoms with Crippen LogP contribution >= 0.6 is 0 Å². The zero-order valence-corrected chi connectivity index (χ0v) is 13.3. The maximum absolute atomic E-state index is 6.08. The van der Waals surface area contributed by atoms with Crippen LogP contribution in [0.2, 0.25) is 0 Å². The summed E-state index contributed by atoms with van der Waals surface area (Å²) in [6, 6.07) is 6.88. The Balaban J connectivity index is 2.07. The molecule has 0 bridgehead atoms. The molecule has 114 valence electrons. The van der Waals surface area contributed by atoms with Crippen molar-refractivity contribution in [2.24, 2.45) is 11.7 Å². The van der Waals surface area contributed by atoms with E-state index in [2.05, 4.69) is 48.4 Å². The van der Waals surface area contributed by atoms with Crippen molar-refractivity contribution in [3.8, 4) is 0 Å². The molecule has 4 heteroatoms. The van der Waals surface area contributed by atoms with Gasteiger partial charge in [0, 0.05) is 31.2 Å². The third-order valence-electron chi connectivity index (χ3n) is 4.51. The van der Waals surface area contributed by atoms with Gasteiger partial charge in [-0.15, -0.1) is 0 Å². The normalized spacial score (nSPS) is 24.5. The van der Waals surface area contributed by atoms with Crippen LogP contribution in [0.5, 0.6) is 0 Å². The van der Waals surface area contributed by atoms with Crippen molar-refractivity contribution < 1.29 is 0 Å². The summed E-state index contributed by atoms with van der Waals surface area (Å²) in [6.07, 6.45) is 5.51. The molecular weight excluding hydrogens is 260 g/mol. The molecule has 3 rings (SSSR count). The molecule has 1 fully saturated rings. The molecule has 3 heterocycles. The van der Waals surface area contributed by atoms with Crippen LogP contribution in [0.3, 0.4) is 0 Å². The van der Waals surface area contributed by atoms with Crippen molar-refractivity contribution in [1.29, 1.82) is 0 Å². The Bertz CT molecular complexity index is 616. The van der Waals surface area contributed by atoms with E-state index >= 15 is 0 Å². The minimum atomic E-state index is 0.140. The summed E-state index contributed by atoms with van der Waals surface area (Å²) >= 11 is 0. The first-order chi connectivity index (χ1) is 10.1. The predicted octanol–water partition coefficient (Wildman–Crippen LogP) is 2.85. The monoisotopic (exact) mass is 286 g/mol. The molecule has 4 nitrogen and oxygen atoms in total. The Morgan fingerprint density at radius 2 is 2.14 bits per heavy atom. The van der Waals surface area contributed by atoms with Gasteiger partial charge in [-0.05, 0) is 44.7 Å². The molecule has 0 radical (unpaired) electrons. The lowest BCUT2D eigenvalue weighted by Gasteiger charge is -2.37. The number of fused-ring (bicyclic) bond motifs is 1. The second-order valence-corrected chi connectivity index (χ2v) is 6.68. The van der Waals surface area contributed by atoms with Gasteiger partial charge in [-0.3, -0.25) is 0 Å². The average Bonchev–Trinajstić information content (AvgIpc) is 2.80. The number of nitrogens with zero attached hydrogens (tertiary/aromatic N) is 3. The van der Waals surface area contributed by atoms with Crippen LogP contribution in [-0.4, -0.2) is 28.0 Å². The minimum Gasteiger partial charge on any atom is -0.352 e. The van der Waals surface area contributed by atoms with E-state index in [1.807, 2.05) is 6.07 Å². The molecule has 3 atom stereocenters. The molecule has 0 aromatic carbocycles. The summed E-state index contributed by atoms with van der Waals surface area (Å²) in [4.78, 5) is 7.39. The van der Waals surface area contributed by atoms with E-state index in [1.54, 1.807) is 0 Å². The number of anilines is 1. The summed E-state index contributed by atoms with van der Waals surface area (Å²) < 4.78 is 2.20. The van der Waals surface area contributed by atoms with Crippen molar-refractivity contribution in [2.45, 2.75) is 52.1 Å². The fourth-order valence-corrected chi connectivity index (χ4v) is 3.34. The van der Waals surface area contributed by atoms with Gasteiger partial charge in [-0.2, -0.15) is 0 Å². The molecule has 2 N–H and O–H groups in total. The highest BCUT2D eigenvalue weighted by Gasteiger charge is 2.27.